The van der Waals surface area contributed by atoms with Crippen LogP contribution in [0.25, 0.3) is 52.8 Å². The normalized spacial score (nSPS) is 12.2. The van der Waals surface area contributed by atoms with Crippen molar-refractivity contribution in [2.75, 3.05) is 0 Å². The highest BCUT2D eigenvalue weighted by molar-refractivity contribution is 7.22. The van der Waals surface area contributed by atoms with Crippen LogP contribution in [-0.4, -0.2) is 9.97 Å². The summed E-state index contributed by atoms with van der Waals surface area (Å²) >= 11 is 3.52. The zero-order valence-electron chi connectivity index (χ0n) is 18.2. The maximum absolute atomic E-state index is 4.75. The van der Waals surface area contributed by atoms with Crippen molar-refractivity contribution in [1.29, 1.82) is 0 Å². The van der Waals surface area contributed by atoms with Crippen LogP contribution in [0.2, 0.25) is 0 Å². The molecular weight excluding hydrogens is 428 g/mol. The third kappa shape index (κ3) is 3.22. The van der Waals surface area contributed by atoms with Crippen LogP contribution < -0.4 is 0 Å². The number of hydrogen-bond donors (Lipinski definition) is 0. The summed E-state index contributed by atoms with van der Waals surface area (Å²) in [6.45, 7) is 6.83. The fourth-order valence-corrected chi connectivity index (χ4v) is 6.23. The van der Waals surface area contributed by atoms with E-state index in [-0.39, 0.29) is 5.41 Å². The minimum absolute atomic E-state index is 0.0394. The van der Waals surface area contributed by atoms with Gasteiger partial charge in [0.1, 0.15) is 11.2 Å². The van der Waals surface area contributed by atoms with E-state index in [0.717, 1.165) is 21.5 Å². The fraction of sp³-hybridized carbons (Fsp3) is 0.143. The molecule has 6 aromatic rings. The van der Waals surface area contributed by atoms with Crippen molar-refractivity contribution in [1.82, 2.24) is 9.97 Å². The summed E-state index contributed by atoms with van der Waals surface area (Å²) in [6, 6.07) is 24.4. The van der Waals surface area contributed by atoms with Crippen molar-refractivity contribution in [2.45, 2.75) is 26.2 Å². The Morgan fingerprint density at radius 3 is 2.50 bits per heavy atom. The third-order valence-electron chi connectivity index (χ3n) is 6.01. The van der Waals surface area contributed by atoms with E-state index in [0.29, 0.717) is 0 Å². The van der Waals surface area contributed by atoms with Gasteiger partial charge in [0.2, 0.25) is 0 Å². The molecule has 0 fully saturated rings. The minimum atomic E-state index is 0.0394. The van der Waals surface area contributed by atoms with Crippen molar-refractivity contribution >= 4 is 53.7 Å². The fourth-order valence-electron chi connectivity index (χ4n) is 4.40. The Kier molecular flexibility index (Phi) is 4.42. The highest BCUT2D eigenvalue weighted by atomic mass is 32.1. The first-order valence-electron chi connectivity index (χ1n) is 10.7. The second-order valence-corrected chi connectivity index (χ2v) is 11.2. The Morgan fingerprint density at radius 2 is 1.62 bits per heavy atom. The molecule has 0 bridgehead atoms. The molecule has 0 saturated heterocycles. The Morgan fingerprint density at radius 1 is 0.750 bits per heavy atom. The molecule has 4 heteroatoms. The van der Waals surface area contributed by atoms with Gasteiger partial charge in [-0.25, -0.2) is 9.97 Å². The van der Waals surface area contributed by atoms with Crippen LogP contribution in [0.1, 0.15) is 26.3 Å². The van der Waals surface area contributed by atoms with E-state index < -0.39 is 0 Å². The molecule has 0 saturated carbocycles. The molecule has 0 radical (unpaired) electrons. The summed E-state index contributed by atoms with van der Waals surface area (Å²) in [4.78, 5) is 11.6. The average molecular weight is 451 g/mol. The van der Waals surface area contributed by atoms with Crippen LogP contribution >= 0.6 is 22.7 Å². The molecule has 0 aliphatic rings. The number of thiophene rings is 2. The molecule has 156 valence electrons. The maximum atomic E-state index is 4.75. The molecule has 2 nitrogen and oxygen atoms in total. The van der Waals surface area contributed by atoms with Crippen LogP contribution in [0.3, 0.4) is 0 Å². The smallest absolute Gasteiger partial charge is 0.127 e. The second-order valence-electron chi connectivity index (χ2n) is 9.22. The molecule has 0 aliphatic carbocycles. The number of rotatable bonds is 2. The monoisotopic (exact) mass is 450 g/mol. The number of fused-ring (bicyclic) bond motifs is 3. The Hall–Kier alpha value is -3.08. The lowest BCUT2D eigenvalue weighted by Gasteiger charge is -2.22. The van der Waals surface area contributed by atoms with Gasteiger partial charge in [0.25, 0.3) is 0 Å². The zero-order valence-corrected chi connectivity index (χ0v) is 19.8. The first-order valence-corrected chi connectivity index (χ1v) is 12.4. The van der Waals surface area contributed by atoms with Crippen LogP contribution in [0, 0.1) is 0 Å². The van der Waals surface area contributed by atoms with Crippen molar-refractivity contribution < 1.29 is 0 Å². The molecule has 3 aromatic heterocycles. The van der Waals surface area contributed by atoms with Gasteiger partial charge in [0.05, 0.1) is 5.69 Å². The van der Waals surface area contributed by atoms with Gasteiger partial charge in [0.15, 0.2) is 0 Å². The lowest BCUT2D eigenvalue weighted by molar-refractivity contribution is 0.596. The SMILES string of the molecule is CC(C)(C)c1cc(-c2ncnc3sc(-c4ccc5ccsc5c4)cc23)cc2ccccc12. The van der Waals surface area contributed by atoms with Gasteiger partial charge in [-0.15, -0.1) is 22.7 Å². The molecular formula is C28H22N2S2. The van der Waals surface area contributed by atoms with E-state index >= 15 is 0 Å². The molecule has 0 N–H and O–H groups in total. The van der Waals surface area contributed by atoms with Crippen molar-refractivity contribution in [3.63, 3.8) is 0 Å². The number of hydrogen-bond acceptors (Lipinski definition) is 4. The summed E-state index contributed by atoms with van der Waals surface area (Å²) in [5.41, 5.74) is 4.78. The van der Waals surface area contributed by atoms with E-state index in [1.807, 2.05) is 0 Å². The van der Waals surface area contributed by atoms with Crippen LogP contribution in [0.4, 0.5) is 0 Å². The zero-order chi connectivity index (χ0) is 21.9. The van der Waals surface area contributed by atoms with Gasteiger partial charge < -0.3 is 0 Å². The Balaban J connectivity index is 1.56. The van der Waals surface area contributed by atoms with Gasteiger partial charge in [-0.05, 0) is 68.4 Å². The predicted molar refractivity (Wildman–Crippen MR) is 140 cm³/mol. The third-order valence-corrected chi connectivity index (χ3v) is 7.99. The summed E-state index contributed by atoms with van der Waals surface area (Å²) < 4.78 is 1.32. The van der Waals surface area contributed by atoms with Crippen molar-refractivity contribution in [3.8, 4) is 21.7 Å². The lowest BCUT2D eigenvalue weighted by Crippen LogP contribution is -2.12. The van der Waals surface area contributed by atoms with E-state index in [4.69, 9.17) is 4.98 Å². The van der Waals surface area contributed by atoms with Crippen LogP contribution in [0.5, 0.6) is 0 Å². The highest BCUT2D eigenvalue weighted by Crippen LogP contribution is 2.40. The van der Waals surface area contributed by atoms with E-state index in [9.17, 15) is 0 Å². The maximum Gasteiger partial charge on any atom is 0.127 e. The molecule has 32 heavy (non-hydrogen) atoms. The highest BCUT2D eigenvalue weighted by Gasteiger charge is 2.20. The van der Waals surface area contributed by atoms with Gasteiger partial charge in [-0.1, -0.05) is 57.2 Å². The number of nitrogens with zero attached hydrogens (tertiary/aromatic N) is 2. The molecule has 3 aromatic carbocycles. The molecule has 0 amide bonds. The van der Waals surface area contributed by atoms with Crippen molar-refractivity contribution in [2.24, 2.45) is 0 Å². The predicted octanol–water partition coefficient (Wildman–Crippen LogP) is 8.69. The topological polar surface area (TPSA) is 25.8 Å². The first-order chi connectivity index (χ1) is 15.5. The lowest BCUT2D eigenvalue weighted by atomic mass is 9.82. The Labute approximate surface area is 195 Å². The molecule has 3 heterocycles. The first kappa shape index (κ1) is 19.6. The van der Waals surface area contributed by atoms with E-state index in [1.165, 1.54) is 36.9 Å². The van der Waals surface area contributed by atoms with Gasteiger partial charge >= 0.3 is 0 Å². The average Bonchev–Trinajstić information content (AvgIpc) is 3.43. The van der Waals surface area contributed by atoms with Gasteiger partial charge in [0, 0.05) is 20.5 Å². The van der Waals surface area contributed by atoms with Gasteiger partial charge in [-0.3, -0.25) is 0 Å². The molecule has 6 rings (SSSR count). The summed E-state index contributed by atoms with van der Waals surface area (Å²) in [5.74, 6) is 0. The van der Waals surface area contributed by atoms with Crippen LogP contribution in [0.15, 0.2) is 78.4 Å². The standard InChI is InChI=1S/C28H22N2S2/c1-28(2,3)23-13-20(12-18-6-4-5-7-21(18)23)26-22-15-25(32-27(22)30-16-29-26)19-9-8-17-10-11-31-24(17)14-19/h4-16H,1-3H3. The van der Waals surface area contributed by atoms with E-state index in [2.05, 4.69) is 97.9 Å². The van der Waals surface area contributed by atoms with E-state index in [1.54, 1.807) is 29.0 Å². The minimum Gasteiger partial charge on any atom is -0.236 e. The quantitative estimate of drug-likeness (QED) is 0.264. The van der Waals surface area contributed by atoms with Crippen LogP contribution in [-0.2, 0) is 5.41 Å². The van der Waals surface area contributed by atoms with Gasteiger partial charge in [-0.2, -0.15) is 0 Å². The Bertz CT molecular complexity index is 1620. The number of aromatic nitrogens is 2. The summed E-state index contributed by atoms with van der Waals surface area (Å²) in [6.07, 6.45) is 1.70. The summed E-state index contributed by atoms with van der Waals surface area (Å²) in [7, 11) is 0. The molecule has 0 aliphatic heterocycles. The summed E-state index contributed by atoms with van der Waals surface area (Å²) in [5, 5.41) is 7.12. The molecule has 0 atom stereocenters. The molecule has 0 unspecified atom stereocenters. The largest absolute Gasteiger partial charge is 0.236 e. The van der Waals surface area contributed by atoms with Crippen molar-refractivity contribution in [3.05, 3.63) is 84.0 Å². The number of benzene rings is 3. The molecule has 0 spiro atoms. The second kappa shape index (κ2) is 7.22.